The van der Waals surface area contributed by atoms with Gasteiger partial charge in [-0.15, -0.1) is 0 Å². The molecule has 2 aromatic heterocycles. The lowest BCUT2D eigenvalue weighted by atomic mass is 10.2. The Labute approximate surface area is 148 Å². The predicted octanol–water partition coefficient (Wildman–Crippen LogP) is 3.01. The standard InChI is InChI=1S/C17H19F3N4O2/c1-10-4-5-15(26-9-17(18,19)20)24-13(10)8-22-16(25)12-6-11(2)23-14(7-12)21-3/h4-7H,8-9H2,1-3H3,(H,21,23)(H,22,25). The number of carbonyl (C=O) groups excluding carboxylic acids is 1. The summed E-state index contributed by atoms with van der Waals surface area (Å²) in [7, 11) is 1.70. The molecule has 0 saturated carbocycles. The summed E-state index contributed by atoms with van der Waals surface area (Å²) in [6.07, 6.45) is -4.44. The summed E-state index contributed by atoms with van der Waals surface area (Å²) in [5.41, 5.74) is 2.26. The molecular formula is C17H19F3N4O2. The van der Waals surface area contributed by atoms with Gasteiger partial charge in [-0.05, 0) is 31.5 Å². The van der Waals surface area contributed by atoms with Gasteiger partial charge in [-0.1, -0.05) is 6.07 Å². The number of hydrogen-bond donors (Lipinski definition) is 2. The first-order valence-electron chi connectivity index (χ1n) is 7.78. The van der Waals surface area contributed by atoms with Crippen LogP contribution in [0.15, 0.2) is 24.3 Å². The van der Waals surface area contributed by atoms with Crippen LogP contribution < -0.4 is 15.4 Å². The molecule has 140 valence electrons. The Balaban J connectivity index is 2.06. The van der Waals surface area contributed by atoms with Crippen molar-refractivity contribution < 1.29 is 22.7 Å². The summed E-state index contributed by atoms with van der Waals surface area (Å²) in [5.74, 6) is 0.0798. The highest BCUT2D eigenvalue weighted by molar-refractivity contribution is 5.94. The van der Waals surface area contributed by atoms with Crippen molar-refractivity contribution in [2.75, 3.05) is 19.0 Å². The van der Waals surface area contributed by atoms with Crippen LogP contribution in [-0.4, -0.2) is 35.7 Å². The number of carbonyl (C=O) groups is 1. The van der Waals surface area contributed by atoms with E-state index >= 15 is 0 Å². The van der Waals surface area contributed by atoms with Gasteiger partial charge in [0.2, 0.25) is 5.88 Å². The molecule has 6 nitrogen and oxygen atoms in total. The maximum Gasteiger partial charge on any atom is 0.422 e. The molecule has 9 heteroatoms. The minimum Gasteiger partial charge on any atom is -0.468 e. The Morgan fingerprint density at radius 1 is 1.19 bits per heavy atom. The minimum absolute atomic E-state index is 0.0597. The average molecular weight is 368 g/mol. The van der Waals surface area contributed by atoms with Crippen LogP contribution in [0.1, 0.15) is 27.3 Å². The number of anilines is 1. The summed E-state index contributed by atoms with van der Waals surface area (Å²) in [6, 6.07) is 6.19. The lowest BCUT2D eigenvalue weighted by molar-refractivity contribution is -0.154. The van der Waals surface area contributed by atoms with Crippen LogP contribution >= 0.6 is 0 Å². The van der Waals surface area contributed by atoms with Gasteiger partial charge in [-0.25, -0.2) is 9.97 Å². The van der Waals surface area contributed by atoms with Crippen LogP contribution in [0.5, 0.6) is 5.88 Å². The van der Waals surface area contributed by atoms with Gasteiger partial charge in [0.1, 0.15) is 5.82 Å². The molecule has 2 N–H and O–H groups in total. The van der Waals surface area contributed by atoms with Crippen molar-refractivity contribution >= 4 is 11.7 Å². The summed E-state index contributed by atoms with van der Waals surface area (Å²) in [5, 5.41) is 5.57. The number of nitrogens with one attached hydrogen (secondary N) is 2. The van der Waals surface area contributed by atoms with E-state index in [0.29, 0.717) is 22.8 Å². The molecule has 0 aliphatic carbocycles. The van der Waals surface area contributed by atoms with Crippen LogP contribution in [0.4, 0.5) is 19.0 Å². The number of hydrogen-bond acceptors (Lipinski definition) is 5. The van der Waals surface area contributed by atoms with Crippen LogP contribution in [-0.2, 0) is 6.54 Å². The van der Waals surface area contributed by atoms with Gasteiger partial charge >= 0.3 is 6.18 Å². The number of aryl methyl sites for hydroxylation is 2. The molecule has 1 amide bonds. The van der Waals surface area contributed by atoms with Crippen molar-refractivity contribution in [3.63, 3.8) is 0 Å². The van der Waals surface area contributed by atoms with E-state index < -0.39 is 12.8 Å². The number of pyridine rings is 2. The third-order valence-electron chi connectivity index (χ3n) is 3.45. The largest absolute Gasteiger partial charge is 0.468 e. The normalized spacial score (nSPS) is 11.2. The maximum atomic E-state index is 12.3. The van der Waals surface area contributed by atoms with Crippen LogP contribution in [0, 0.1) is 13.8 Å². The molecule has 2 rings (SSSR count). The molecule has 2 aromatic rings. The van der Waals surface area contributed by atoms with E-state index in [-0.39, 0.29) is 18.3 Å². The second-order valence-corrected chi connectivity index (χ2v) is 5.63. The smallest absolute Gasteiger partial charge is 0.422 e. The Kier molecular flexibility index (Phi) is 6.01. The molecular weight excluding hydrogens is 349 g/mol. The van der Waals surface area contributed by atoms with Gasteiger partial charge in [0.05, 0.1) is 12.2 Å². The maximum absolute atomic E-state index is 12.3. The Morgan fingerprint density at radius 2 is 1.92 bits per heavy atom. The van der Waals surface area contributed by atoms with E-state index in [2.05, 4.69) is 25.3 Å². The summed E-state index contributed by atoms with van der Waals surface area (Å²) < 4.78 is 41.3. The second-order valence-electron chi connectivity index (χ2n) is 5.63. The van der Waals surface area contributed by atoms with Crippen LogP contribution in [0.3, 0.4) is 0 Å². The van der Waals surface area contributed by atoms with Gasteiger partial charge in [0.15, 0.2) is 6.61 Å². The zero-order valence-corrected chi connectivity index (χ0v) is 14.6. The molecule has 0 saturated heterocycles. The minimum atomic E-state index is -4.44. The van der Waals surface area contributed by atoms with E-state index in [1.165, 1.54) is 6.07 Å². The fourth-order valence-corrected chi connectivity index (χ4v) is 2.16. The van der Waals surface area contributed by atoms with E-state index in [1.54, 1.807) is 39.1 Å². The number of halogens is 3. The molecule has 0 aliphatic rings. The van der Waals surface area contributed by atoms with Gasteiger partial charge in [-0.2, -0.15) is 13.2 Å². The zero-order chi connectivity index (χ0) is 19.3. The molecule has 2 heterocycles. The Bertz CT molecular complexity index is 794. The van der Waals surface area contributed by atoms with Gasteiger partial charge in [0.25, 0.3) is 5.91 Å². The van der Waals surface area contributed by atoms with Crippen molar-refractivity contribution in [3.05, 3.63) is 46.8 Å². The monoisotopic (exact) mass is 368 g/mol. The summed E-state index contributed by atoms with van der Waals surface area (Å²) in [4.78, 5) is 20.6. The average Bonchev–Trinajstić information content (AvgIpc) is 2.58. The number of amides is 1. The van der Waals surface area contributed by atoms with Gasteiger partial charge in [0, 0.05) is 24.4 Å². The number of ether oxygens (including phenoxy) is 1. The summed E-state index contributed by atoms with van der Waals surface area (Å²) >= 11 is 0. The highest BCUT2D eigenvalue weighted by Gasteiger charge is 2.28. The lowest BCUT2D eigenvalue weighted by Gasteiger charge is -2.12. The first kappa shape index (κ1) is 19.5. The predicted molar refractivity (Wildman–Crippen MR) is 90.2 cm³/mol. The van der Waals surface area contributed by atoms with E-state index in [1.807, 2.05) is 0 Å². The Hall–Kier alpha value is -2.84. The molecule has 0 bridgehead atoms. The van der Waals surface area contributed by atoms with Gasteiger partial charge < -0.3 is 15.4 Å². The molecule has 26 heavy (non-hydrogen) atoms. The van der Waals surface area contributed by atoms with Crippen LogP contribution in [0.2, 0.25) is 0 Å². The third kappa shape index (κ3) is 5.61. The lowest BCUT2D eigenvalue weighted by Crippen LogP contribution is -2.24. The SMILES string of the molecule is CNc1cc(C(=O)NCc2nc(OCC(F)(F)F)ccc2C)cc(C)n1. The topological polar surface area (TPSA) is 76.1 Å². The summed E-state index contributed by atoms with van der Waals surface area (Å²) in [6.45, 7) is 2.16. The molecule has 0 aromatic carbocycles. The zero-order valence-electron chi connectivity index (χ0n) is 14.6. The van der Waals surface area contributed by atoms with Gasteiger partial charge in [-0.3, -0.25) is 4.79 Å². The van der Waals surface area contributed by atoms with Crippen molar-refractivity contribution in [2.45, 2.75) is 26.6 Å². The number of nitrogens with zero attached hydrogens (tertiary/aromatic N) is 2. The first-order valence-corrected chi connectivity index (χ1v) is 7.78. The van der Waals surface area contributed by atoms with E-state index in [4.69, 9.17) is 0 Å². The first-order chi connectivity index (χ1) is 12.2. The highest BCUT2D eigenvalue weighted by Crippen LogP contribution is 2.18. The van der Waals surface area contributed by atoms with Crippen LogP contribution in [0.25, 0.3) is 0 Å². The van der Waals surface area contributed by atoms with Crippen molar-refractivity contribution in [3.8, 4) is 5.88 Å². The molecule has 0 fully saturated rings. The number of aromatic nitrogens is 2. The van der Waals surface area contributed by atoms with E-state index in [9.17, 15) is 18.0 Å². The number of alkyl halides is 3. The molecule has 0 radical (unpaired) electrons. The molecule has 0 unspecified atom stereocenters. The fraction of sp³-hybridized carbons (Fsp3) is 0.353. The van der Waals surface area contributed by atoms with Crippen molar-refractivity contribution in [1.29, 1.82) is 0 Å². The van der Waals surface area contributed by atoms with E-state index in [0.717, 1.165) is 5.56 Å². The third-order valence-corrected chi connectivity index (χ3v) is 3.45. The Morgan fingerprint density at radius 3 is 2.58 bits per heavy atom. The molecule has 0 spiro atoms. The molecule has 0 aliphatic heterocycles. The quantitative estimate of drug-likeness (QED) is 0.820. The van der Waals surface area contributed by atoms with Crippen molar-refractivity contribution in [1.82, 2.24) is 15.3 Å². The molecule has 0 atom stereocenters. The fourth-order valence-electron chi connectivity index (χ4n) is 2.16. The highest BCUT2D eigenvalue weighted by atomic mass is 19.4. The number of rotatable bonds is 6. The van der Waals surface area contributed by atoms with Crippen molar-refractivity contribution in [2.24, 2.45) is 0 Å². The second kappa shape index (κ2) is 8.03.